The fourth-order valence-corrected chi connectivity index (χ4v) is 2.58. The van der Waals surface area contributed by atoms with Crippen LogP contribution in [0.4, 0.5) is 0 Å². The molecule has 96 valence electrons. The number of hydrogen-bond acceptors (Lipinski definition) is 4. The SMILES string of the molecule is CNCc1cccc(CN(C)Cc2ccsc2)n1. The van der Waals surface area contributed by atoms with Crippen molar-refractivity contribution in [3.8, 4) is 0 Å². The monoisotopic (exact) mass is 261 g/mol. The van der Waals surface area contributed by atoms with Gasteiger partial charge in [-0.15, -0.1) is 0 Å². The summed E-state index contributed by atoms with van der Waals surface area (Å²) < 4.78 is 0. The van der Waals surface area contributed by atoms with Gasteiger partial charge in [0.1, 0.15) is 0 Å². The first-order chi connectivity index (χ1) is 8.78. The minimum atomic E-state index is 0.822. The molecule has 2 aromatic heterocycles. The van der Waals surface area contributed by atoms with Gasteiger partial charge in [-0.05, 0) is 48.6 Å². The summed E-state index contributed by atoms with van der Waals surface area (Å²) in [5.74, 6) is 0. The van der Waals surface area contributed by atoms with Crippen molar-refractivity contribution in [3.63, 3.8) is 0 Å². The number of pyridine rings is 1. The van der Waals surface area contributed by atoms with Crippen LogP contribution in [0.15, 0.2) is 35.0 Å². The van der Waals surface area contributed by atoms with Gasteiger partial charge < -0.3 is 5.32 Å². The number of aromatic nitrogens is 1. The molecule has 0 amide bonds. The lowest BCUT2D eigenvalue weighted by atomic mass is 10.2. The van der Waals surface area contributed by atoms with Gasteiger partial charge in [0, 0.05) is 19.6 Å². The molecule has 0 aromatic carbocycles. The normalized spacial score (nSPS) is 11.1. The van der Waals surface area contributed by atoms with Crippen molar-refractivity contribution in [2.24, 2.45) is 0 Å². The number of nitrogens with one attached hydrogen (secondary N) is 1. The molecule has 0 fully saturated rings. The Labute approximate surface area is 112 Å². The van der Waals surface area contributed by atoms with Crippen molar-refractivity contribution in [2.45, 2.75) is 19.6 Å². The van der Waals surface area contributed by atoms with Gasteiger partial charge in [0.2, 0.25) is 0 Å². The topological polar surface area (TPSA) is 28.2 Å². The maximum Gasteiger partial charge on any atom is 0.0547 e. The van der Waals surface area contributed by atoms with Gasteiger partial charge in [0.25, 0.3) is 0 Å². The fraction of sp³-hybridized carbons (Fsp3) is 0.357. The fourth-order valence-electron chi connectivity index (χ4n) is 1.92. The Hall–Kier alpha value is -1.23. The molecular weight excluding hydrogens is 242 g/mol. The molecule has 0 atom stereocenters. The third-order valence-electron chi connectivity index (χ3n) is 2.69. The molecular formula is C14H19N3S. The van der Waals surface area contributed by atoms with E-state index in [1.165, 1.54) is 5.56 Å². The summed E-state index contributed by atoms with van der Waals surface area (Å²) in [6.07, 6.45) is 0. The van der Waals surface area contributed by atoms with E-state index in [0.29, 0.717) is 0 Å². The van der Waals surface area contributed by atoms with Gasteiger partial charge in [-0.25, -0.2) is 0 Å². The molecule has 2 rings (SSSR count). The van der Waals surface area contributed by atoms with Gasteiger partial charge in [-0.1, -0.05) is 6.07 Å². The Morgan fingerprint density at radius 3 is 2.78 bits per heavy atom. The van der Waals surface area contributed by atoms with Gasteiger partial charge in [0.15, 0.2) is 0 Å². The molecule has 2 heterocycles. The molecule has 0 unspecified atom stereocenters. The molecule has 0 saturated carbocycles. The minimum absolute atomic E-state index is 0.822. The van der Waals surface area contributed by atoms with E-state index in [2.05, 4.69) is 57.3 Å². The van der Waals surface area contributed by atoms with E-state index >= 15 is 0 Å². The lowest BCUT2D eigenvalue weighted by molar-refractivity contribution is 0.315. The molecule has 4 heteroatoms. The third-order valence-corrected chi connectivity index (χ3v) is 3.42. The van der Waals surface area contributed by atoms with Gasteiger partial charge >= 0.3 is 0 Å². The van der Waals surface area contributed by atoms with Crippen LogP contribution in [0.5, 0.6) is 0 Å². The van der Waals surface area contributed by atoms with E-state index in [-0.39, 0.29) is 0 Å². The predicted octanol–water partition coefficient (Wildman–Crippen LogP) is 2.49. The van der Waals surface area contributed by atoms with Crippen LogP contribution < -0.4 is 5.32 Å². The molecule has 0 aliphatic rings. The van der Waals surface area contributed by atoms with Crippen molar-refractivity contribution in [1.82, 2.24) is 15.2 Å². The Morgan fingerprint density at radius 2 is 2.06 bits per heavy atom. The summed E-state index contributed by atoms with van der Waals surface area (Å²) in [6.45, 7) is 2.68. The van der Waals surface area contributed by atoms with E-state index in [9.17, 15) is 0 Å². The first-order valence-corrected chi connectivity index (χ1v) is 7.01. The van der Waals surface area contributed by atoms with Crippen LogP contribution in [0.3, 0.4) is 0 Å². The second-order valence-electron chi connectivity index (χ2n) is 4.45. The van der Waals surface area contributed by atoms with E-state index in [4.69, 9.17) is 0 Å². The summed E-state index contributed by atoms with van der Waals surface area (Å²) in [5.41, 5.74) is 3.59. The highest BCUT2D eigenvalue weighted by atomic mass is 32.1. The van der Waals surface area contributed by atoms with E-state index < -0.39 is 0 Å². The van der Waals surface area contributed by atoms with E-state index in [1.807, 2.05) is 7.05 Å². The van der Waals surface area contributed by atoms with Crippen LogP contribution in [-0.2, 0) is 19.6 Å². The first-order valence-electron chi connectivity index (χ1n) is 6.07. The zero-order valence-corrected chi connectivity index (χ0v) is 11.7. The van der Waals surface area contributed by atoms with E-state index in [1.54, 1.807) is 11.3 Å². The zero-order valence-electron chi connectivity index (χ0n) is 10.9. The van der Waals surface area contributed by atoms with Crippen LogP contribution in [0.25, 0.3) is 0 Å². The number of nitrogens with zero attached hydrogens (tertiary/aromatic N) is 2. The first kappa shape index (κ1) is 13.2. The molecule has 0 saturated heterocycles. The maximum atomic E-state index is 4.63. The van der Waals surface area contributed by atoms with Crippen molar-refractivity contribution in [1.29, 1.82) is 0 Å². The highest BCUT2D eigenvalue weighted by Crippen LogP contribution is 2.10. The summed E-state index contributed by atoms with van der Waals surface area (Å²) in [5, 5.41) is 7.44. The van der Waals surface area contributed by atoms with Crippen molar-refractivity contribution in [3.05, 3.63) is 52.0 Å². The van der Waals surface area contributed by atoms with Crippen molar-refractivity contribution >= 4 is 11.3 Å². The number of thiophene rings is 1. The largest absolute Gasteiger partial charge is 0.314 e. The summed E-state index contributed by atoms with van der Waals surface area (Å²) >= 11 is 1.75. The van der Waals surface area contributed by atoms with Crippen LogP contribution in [0.2, 0.25) is 0 Å². The summed E-state index contributed by atoms with van der Waals surface area (Å²) in [4.78, 5) is 6.92. The summed E-state index contributed by atoms with van der Waals surface area (Å²) in [7, 11) is 4.07. The van der Waals surface area contributed by atoms with Gasteiger partial charge in [-0.2, -0.15) is 11.3 Å². The highest BCUT2D eigenvalue weighted by molar-refractivity contribution is 7.07. The Bertz CT molecular complexity index is 468. The molecule has 0 aliphatic heterocycles. The zero-order chi connectivity index (χ0) is 12.8. The van der Waals surface area contributed by atoms with Crippen molar-refractivity contribution in [2.75, 3.05) is 14.1 Å². The quantitative estimate of drug-likeness (QED) is 0.866. The molecule has 2 aromatic rings. The Kier molecular flexibility index (Phi) is 4.87. The van der Waals surface area contributed by atoms with E-state index in [0.717, 1.165) is 31.0 Å². The Morgan fingerprint density at radius 1 is 1.22 bits per heavy atom. The summed E-state index contributed by atoms with van der Waals surface area (Å²) in [6, 6.07) is 8.39. The molecule has 0 bridgehead atoms. The highest BCUT2D eigenvalue weighted by Gasteiger charge is 2.04. The molecule has 1 N–H and O–H groups in total. The molecule has 3 nitrogen and oxygen atoms in total. The molecule has 18 heavy (non-hydrogen) atoms. The van der Waals surface area contributed by atoms with Gasteiger partial charge in [-0.3, -0.25) is 9.88 Å². The van der Waals surface area contributed by atoms with Crippen LogP contribution in [0, 0.1) is 0 Å². The predicted molar refractivity (Wildman–Crippen MR) is 76.5 cm³/mol. The standard InChI is InChI=1S/C14H19N3S/c1-15-8-13-4-3-5-14(16-13)10-17(2)9-12-6-7-18-11-12/h3-7,11,15H,8-10H2,1-2H3. The average Bonchev–Trinajstić information content (AvgIpc) is 2.82. The van der Waals surface area contributed by atoms with Crippen LogP contribution in [-0.4, -0.2) is 24.0 Å². The third kappa shape index (κ3) is 3.91. The lowest BCUT2D eigenvalue weighted by Crippen LogP contribution is -2.18. The van der Waals surface area contributed by atoms with Crippen LogP contribution in [0.1, 0.15) is 17.0 Å². The maximum absolute atomic E-state index is 4.63. The average molecular weight is 261 g/mol. The Balaban J connectivity index is 1.93. The lowest BCUT2D eigenvalue weighted by Gasteiger charge is -2.15. The number of hydrogen-bond donors (Lipinski definition) is 1. The smallest absolute Gasteiger partial charge is 0.0547 e. The molecule has 0 radical (unpaired) electrons. The van der Waals surface area contributed by atoms with Gasteiger partial charge in [0.05, 0.1) is 11.4 Å². The van der Waals surface area contributed by atoms with Crippen molar-refractivity contribution < 1.29 is 0 Å². The minimum Gasteiger partial charge on any atom is -0.314 e. The molecule has 0 aliphatic carbocycles. The van der Waals surface area contributed by atoms with Crippen LogP contribution >= 0.6 is 11.3 Å². The second kappa shape index (κ2) is 6.64. The number of rotatable bonds is 6. The second-order valence-corrected chi connectivity index (χ2v) is 5.23. The molecule has 0 spiro atoms.